The molecule has 140 valence electrons. The number of amides is 2. The van der Waals surface area contributed by atoms with Crippen molar-refractivity contribution >= 4 is 12.0 Å². The Balaban J connectivity index is 2.28. The number of benzene rings is 1. The van der Waals surface area contributed by atoms with Gasteiger partial charge in [-0.2, -0.15) is 0 Å². The van der Waals surface area contributed by atoms with E-state index in [1.165, 1.54) is 0 Å². The third kappa shape index (κ3) is 4.88. The van der Waals surface area contributed by atoms with E-state index < -0.39 is 24.0 Å². The predicted molar refractivity (Wildman–Crippen MR) is 99.7 cm³/mol. The van der Waals surface area contributed by atoms with Gasteiger partial charge in [0.15, 0.2) is 0 Å². The van der Waals surface area contributed by atoms with Crippen molar-refractivity contribution in [2.45, 2.75) is 32.7 Å². The van der Waals surface area contributed by atoms with E-state index in [9.17, 15) is 9.59 Å². The number of urea groups is 1. The van der Waals surface area contributed by atoms with Crippen LogP contribution < -0.4 is 15.4 Å². The molecule has 2 amide bonds. The lowest BCUT2D eigenvalue weighted by Crippen LogP contribution is -2.51. The van der Waals surface area contributed by atoms with E-state index >= 15 is 0 Å². The number of hydrogen-bond donors (Lipinski definition) is 2. The van der Waals surface area contributed by atoms with Gasteiger partial charge in [0.1, 0.15) is 18.3 Å². The molecule has 1 aromatic rings. The molecular weight excluding hydrogens is 332 g/mol. The maximum Gasteiger partial charge on any atom is 0.319 e. The molecule has 1 fully saturated rings. The zero-order valence-electron chi connectivity index (χ0n) is 15.3. The number of carbonyl (C=O) groups excluding carboxylic acids is 2. The van der Waals surface area contributed by atoms with Gasteiger partial charge in [0.25, 0.3) is 0 Å². The van der Waals surface area contributed by atoms with E-state index in [-0.39, 0.29) is 6.61 Å². The Labute approximate surface area is 154 Å². The fourth-order valence-corrected chi connectivity index (χ4v) is 2.73. The number of hydrogen-bond acceptors (Lipinski definition) is 4. The second-order valence-electron chi connectivity index (χ2n) is 6.02. The number of unbranched alkanes of at least 4 members (excludes halogenated alkanes) is 1. The van der Waals surface area contributed by atoms with Crippen molar-refractivity contribution in [1.82, 2.24) is 10.6 Å². The van der Waals surface area contributed by atoms with Crippen molar-refractivity contribution < 1.29 is 19.1 Å². The van der Waals surface area contributed by atoms with E-state index in [0.717, 1.165) is 18.4 Å². The summed E-state index contributed by atoms with van der Waals surface area (Å²) in [5.41, 5.74) is 1.04. The number of rotatable bonds is 8. The molecule has 1 aromatic carbocycles. The molecule has 2 N–H and O–H groups in total. The highest BCUT2D eigenvalue weighted by Crippen LogP contribution is 2.35. The van der Waals surface area contributed by atoms with Crippen molar-refractivity contribution in [2.75, 3.05) is 13.2 Å². The zero-order valence-corrected chi connectivity index (χ0v) is 15.3. The van der Waals surface area contributed by atoms with E-state index in [4.69, 9.17) is 9.47 Å². The molecule has 0 radical (unpaired) electrons. The summed E-state index contributed by atoms with van der Waals surface area (Å²) in [6.45, 7) is 8.53. The van der Waals surface area contributed by atoms with Crippen LogP contribution in [0.4, 0.5) is 4.79 Å². The number of nitrogens with one attached hydrogen (secondary N) is 2. The van der Waals surface area contributed by atoms with Gasteiger partial charge in [0, 0.05) is 11.3 Å². The summed E-state index contributed by atoms with van der Waals surface area (Å²) in [5, 5.41) is 5.37. The molecule has 1 aliphatic heterocycles. The molecule has 6 heteroatoms. The van der Waals surface area contributed by atoms with Gasteiger partial charge < -0.3 is 20.1 Å². The molecule has 0 bridgehead atoms. The van der Waals surface area contributed by atoms with Gasteiger partial charge in [0.2, 0.25) is 0 Å². The molecule has 2 rings (SSSR count). The van der Waals surface area contributed by atoms with Crippen LogP contribution in [0, 0.1) is 5.92 Å². The SMILES string of the molecule is C=C1NC(=O)N[C@@H](c2ccccc2OCCCC)[C@@H]1C(=O)OC/C=C/C. The van der Waals surface area contributed by atoms with Crippen LogP contribution in [0.3, 0.4) is 0 Å². The Morgan fingerprint density at radius 2 is 2.12 bits per heavy atom. The summed E-state index contributed by atoms with van der Waals surface area (Å²) in [5.74, 6) is -0.546. The second-order valence-corrected chi connectivity index (χ2v) is 6.02. The average Bonchev–Trinajstić information content (AvgIpc) is 2.62. The first-order valence-corrected chi connectivity index (χ1v) is 8.84. The third-order valence-electron chi connectivity index (χ3n) is 4.09. The third-order valence-corrected chi connectivity index (χ3v) is 4.09. The Morgan fingerprint density at radius 3 is 2.85 bits per heavy atom. The first-order valence-electron chi connectivity index (χ1n) is 8.84. The maximum absolute atomic E-state index is 12.6. The molecule has 6 nitrogen and oxygen atoms in total. The van der Waals surface area contributed by atoms with Crippen molar-refractivity contribution in [2.24, 2.45) is 5.92 Å². The quantitative estimate of drug-likeness (QED) is 0.424. The highest BCUT2D eigenvalue weighted by Gasteiger charge is 2.40. The lowest BCUT2D eigenvalue weighted by atomic mass is 9.88. The van der Waals surface area contributed by atoms with Crippen molar-refractivity contribution in [3.8, 4) is 5.75 Å². The number of ether oxygens (including phenoxy) is 2. The normalized spacial score (nSPS) is 19.8. The number of para-hydroxylation sites is 1. The van der Waals surface area contributed by atoms with Crippen LogP contribution in [0.2, 0.25) is 0 Å². The van der Waals surface area contributed by atoms with E-state index in [0.29, 0.717) is 18.1 Å². The van der Waals surface area contributed by atoms with Gasteiger partial charge in [-0.25, -0.2) is 4.79 Å². The first kappa shape index (κ1) is 19.6. The Kier molecular flexibility index (Phi) is 7.26. The summed E-state index contributed by atoms with van der Waals surface area (Å²) in [6, 6.07) is 6.39. The monoisotopic (exact) mass is 358 g/mol. The Morgan fingerprint density at radius 1 is 1.35 bits per heavy atom. The van der Waals surface area contributed by atoms with Gasteiger partial charge in [-0.3, -0.25) is 4.79 Å². The van der Waals surface area contributed by atoms with Gasteiger partial charge in [0.05, 0.1) is 12.6 Å². The molecule has 1 saturated heterocycles. The second kappa shape index (κ2) is 9.65. The largest absolute Gasteiger partial charge is 0.493 e. The van der Waals surface area contributed by atoms with Gasteiger partial charge >= 0.3 is 12.0 Å². The van der Waals surface area contributed by atoms with Crippen LogP contribution in [0.1, 0.15) is 38.3 Å². The van der Waals surface area contributed by atoms with E-state index in [2.05, 4.69) is 24.1 Å². The van der Waals surface area contributed by atoms with Crippen molar-refractivity contribution in [3.05, 3.63) is 54.3 Å². The molecule has 26 heavy (non-hydrogen) atoms. The molecule has 0 spiro atoms. The average molecular weight is 358 g/mol. The zero-order chi connectivity index (χ0) is 18.9. The standard InChI is InChI=1S/C20H26N2O4/c1-4-6-12-25-16-11-9-8-10-15(16)18-17(14(3)21-20(24)22-18)19(23)26-13-7-5-2/h5,7-11,17-18H,3-4,6,12-13H2,1-2H3,(H2,21,22,24)/b7-5+/t17-,18+/m1/s1. The highest BCUT2D eigenvalue weighted by molar-refractivity contribution is 5.85. The van der Waals surface area contributed by atoms with E-state index in [1.807, 2.05) is 31.2 Å². The number of carbonyl (C=O) groups is 2. The smallest absolute Gasteiger partial charge is 0.319 e. The fraction of sp³-hybridized carbons (Fsp3) is 0.400. The van der Waals surface area contributed by atoms with Crippen LogP contribution in [0.15, 0.2) is 48.7 Å². The Bertz CT molecular complexity index is 684. The minimum atomic E-state index is -0.742. The van der Waals surface area contributed by atoms with Crippen LogP contribution in [0.25, 0.3) is 0 Å². The molecular formula is C20H26N2O4. The molecule has 0 aliphatic carbocycles. The maximum atomic E-state index is 12.6. The molecule has 1 aliphatic rings. The fourth-order valence-electron chi connectivity index (χ4n) is 2.73. The Hall–Kier alpha value is -2.76. The summed E-state index contributed by atoms with van der Waals surface area (Å²) in [6.07, 6.45) is 5.49. The van der Waals surface area contributed by atoms with Gasteiger partial charge in [-0.15, -0.1) is 0 Å². The summed E-state index contributed by atoms with van der Waals surface area (Å²) in [4.78, 5) is 24.6. The van der Waals surface area contributed by atoms with Crippen LogP contribution in [0.5, 0.6) is 5.75 Å². The topological polar surface area (TPSA) is 76.7 Å². The highest BCUT2D eigenvalue weighted by atomic mass is 16.5. The molecule has 0 unspecified atom stereocenters. The van der Waals surface area contributed by atoms with Crippen LogP contribution in [-0.2, 0) is 9.53 Å². The minimum Gasteiger partial charge on any atom is -0.493 e. The van der Waals surface area contributed by atoms with Crippen LogP contribution in [-0.4, -0.2) is 25.2 Å². The molecule has 0 aromatic heterocycles. The van der Waals surface area contributed by atoms with Crippen LogP contribution >= 0.6 is 0 Å². The van der Waals surface area contributed by atoms with Crippen molar-refractivity contribution in [3.63, 3.8) is 0 Å². The lowest BCUT2D eigenvalue weighted by molar-refractivity contribution is -0.147. The summed E-state index contributed by atoms with van der Waals surface area (Å²) >= 11 is 0. The predicted octanol–water partition coefficient (Wildman–Crippen LogP) is 3.47. The summed E-state index contributed by atoms with van der Waals surface area (Å²) < 4.78 is 11.2. The molecule has 2 atom stereocenters. The minimum absolute atomic E-state index is 0.175. The van der Waals surface area contributed by atoms with Gasteiger partial charge in [-0.1, -0.05) is 50.3 Å². The van der Waals surface area contributed by atoms with E-state index in [1.54, 1.807) is 12.2 Å². The number of allylic oxidation sites excluding steroid dienone is 1. The van der Waals surface area contributed by atoms with Gasteiger partial charge in [-0.05, 0) is 19.4 Å². The lowest BCUT2D eigenvalue weighted by Gasteiger charge is -2.33. The van der Waals surface area contributed by atoms with Crippen molar-refractivity contribution in [1.29, 1.82) is 0 Å². The molecule has 1 heterocycles. The first-order chi connectivity index (χ1) is 12.6. The number of esters is 1. The summed E-state index contributed by atoms with van der Waals surface area (Å²) in [7, 11) is 0. The molecule has 0 saturated carbocycles.